The molecule has 0 aromatic carbocycles. The third-order valence-electron chi connectivity index (χ3n) is 4.35. The lowest BCUT2D eigenvalue weighted by Crippen LogP contribution is -2.37. The Morgan fingerprint density at radius 2 is 2.40 bits per heavy atom. The highest BCUT2D eigenvalue weighted by molar-refractivity contribution is 7.09. The molecule has 1 amide bonds. The molecule has 6 heteroatoms. The largest absolute Gasteiger partial charge is 0.376 e. The Morgan fingerprint density at radius 3 is 3.05 bits per heavy atom. The molecule has 0 aliphatic carbocycles. The normalized spacial score (nSPS) is 29.6. The SMILES string of the molecule is Cc1ncsc1CN1C[C@H](C(=O)N(C)C)[C@H]2OCC[C@H]21. The molecule has 0 bridgehead atoms. The first-order valence-corrected chi connectivity index (χ1v) is 7.91. The molecule has 1 aromatic heterocycles. The number of likely N-dealkylation sites (tertiary alicyclic amines) is 1. The quantitative estimate of drug-likeness (QED) is 0.838. The fraction of sp³-hybridized carbons (Fsp3) is 0.714. The van der Waals surface area contributed by atoms with Crippen LogP contribution in [0.4, 0.5) is 0 Å². The topological polar surface area (TPSA) is 45.7 Å². The lowest BCUT2D eigenvalue weighted by Gasteiger charge is -2.21. The minimum Gasteiger partial charge on any atom is -0.376 e. The van der Waals surface area contributed by atoms with Gasteiger partial charge in [-0.1, -0.05) is 0 Å². The summed E-state index contributed by atoms with van der Waals surface area (Å²) in [4.78, 5) is 22.0. The van der Waals surface area contributed by atoms with Gasteiger partial charge in [0.05, 0.1) is 23.2 Å². The van der Waals surface area contributed by atoms with Crippen LogP contribution in [0, 0.1) is 12.8 Å². The van der Waals surface area contributed by atoms with Crippen LogP contribution in [-0.4, -0.2) is 60.1 Å². The first-order chi connectivity index (χ1) is 9.58. The molecule has 0 unspecified atom stereocenters. The third-order valence-corrected chi connectivity index (χ3v) is 5.27. The molecule has 20 heavy (non-hydrogen) atoms. The lowest BCUT2D eigenvalue weighted by molar-refractivity contribution is -0.135. The molecule has 2 fully saturated rings. The van der Waals surface area contributed by atoms with Gasteiger partial charge in [0.25, 0.3) is 0 Å². The van der Waals surface area contributed by atoms with E-state index in [1.54, 1.807) is 16.2 Å². The van der Waals surface area contributed by atoms with Gasteiger partial charge in [-0.05, 0) is 13.3 Å². The molecule has 0 spiro atoms. The maximum Gasteiger partial charge on any atom is 0.229 e. The average Bonchev–Trinajstić information content (AvgIpc) is 3.08. The summed E-state index contributed by atoms with van der Waals surface area (Å²) < 4.78 is 5.84. The van der Waals surface area contributed by atoms with E-state index in [1.807, 2.05) is 26.5 Å². The summed E-state index contributed by atoms with van der Waals surface area (Å²) in [6, 6.07) is 0.380. The number of hydrogen-bond donors (Lipinski definition) is 0. The molecule has 3 atom stereocenters. The van der Waals surface area contributed by atoms with Gasteiger partial charge in [-0.15, -0.1) is 11.3 Å². The number of carbonyl (C=O) groups excluding carboxylic acids is 1. The number of ether oxygens (including phenoxy) is 1. The van der Waals surface area contributed by atoms with Crippen molar-refractivity contribution in [1.82, 2.24) is 14.8 Å². The van der Waals surface area contributed by atoms with Gasteiger partial charge in [0.15, 0.2) is 0 Å². The summed E-state index contributed by atoms with van der Waals surface area (Å²) in [5, 5.41) is 0. The summed E-state index contributed by atoms with van der Waals surface area (Å²) in [5.41, 5.74) is 3.00. The van der Waals surface area contributed by atoms with E-state index in [0.29, 0.717) is 6.04 Å². The van der Waals surface area contributed by atoms with Gasteiger partial charge in [0.2, 0.25) is 5.91 Å². The van der Waals surface area contributed by atoms with Gasteiger partial charge >= 0.3 is 0 Å². The van der Waals surface area contributed by atoms with Gasteiger partial charge in [-0.2, -0.15) is 0 Å². The van der Waals surface area contributed by atoms with Crippen molar-refractivity contribution in [3.05, 3.63) is 16.1 Å². The number of rotatable bonds is 3. The fourth-order valence-electron chi connectivity index (χ4n) is 3.26. The van der Waals surface area contributed by atoms with Crippen molar-refractivity contribution in [2.45, 2.75) is 32.0 Å². The van der Waals surface area contributed by atoms with Crippen LogP contribution in [0.5, 0.6) is 0 Å². The minimum absolute atomic E-state index is 0.0225. The maximum atomic E-state index is 12.3. The number of amides is 1. The Hall–Kier alpha value is -0.980. The highest BCUT2D eigenvalue weighted by atomic mass is 32.1. The van der Waals surface area contributed by atoms with Crippen LogP contribution in [0.3, 0.4) is 0 Å². The number of fused-ring (bicyclic) bond motifs is 1. The lowest BCUT2D eigenvalue weighted by atomic mass is 10.0. The van der Waals surface area contributed by atoms with Crippen LogP contribution < -0.4 is 0 Å². The van der Waals surface area contributed by atoms with Crippen molar-refractivity contribution in [2.24, 2.45) is 5.92 Å². The number of nitrogens with zero attached hydrogens (tertiary/aromatic N) is 3. The predicted molar refractivity (Wildman–Crippen MR) is 77.6 cm³/mol. The van der Waals surface area contributed by atoms with E-state index in [0.717, 1.165) is 31.8 Å². The summed E-state index contributed by atoms with van der Waals surface area (Å²) >= 11 is 1.70. The summed E-state index contributed by atoms with van der Waals surface area (Å²) in [7, 11) is 3.64. The van der Waals surface area contributed by atoms with Crippen LogP contribution in [0.25, 0.3) is 0 Å². The Kier molecular flexibility index (Phi) is 3.79. The van der Waals surface area contributed by atoms with Crippen molar-refractivity contribution in [2.75, 3.05) is 27.2 Å². The van der Waals surface area contributed by atoms with E-state index in [1.165, 1.54) is 4.88 Å². The smallest absolute Gasteiger partial charge is 0.229 e. The van der Waals surface area contributed by atoms with Crippen molar-refractivity contribution >= 4 is 17.2 Å². The van der Waals surface area contributed by atoms with Gasteiger partial charge in [-0.3, -0.25) is 9.69 Å². The minimum atomic E-state index is -0.0225. The fourth-order valence-corrected chi connectivity index (χ4v) is 4.06. The highest BCUT2D eigenvalue weighted by Crippen LogP contribution is 2.35. The monoisotopic (exact) mass is 295 g/mol. The Bertz CT molecular complexity index is 502. The molecule has 2 aliphatic heterocycles. The van der Waals surface area contributed by atoms with Gasteiger partial charge in [0, 0.05) is 44.7 Å². The second-order valence-corrected chi connectivity index (χ2v) is 6.76. The summed E-state index contributed by atoms with van der Waals surface area (Å²) in [6.07, 6.45) is 1.10. The summed E-state index contributed by atoms with van der Waals surface area (Å²) in [5.74, 6) is 0.163. The predicted octanol–water partition coefficient (Wildman–Crippen LogP) is 1.13. The molecule has 2 aliphatic rings. The Morgan fingerprint density at radius 1 is 1.60 bits per heavy atom. The average molecular weight is 295 g/mol. The third kappa shape index (κ3) is 2.36. The zero-order chi connectivity index (χ0) is 14.3. The van der Waals surface area contributed by atoms with Crippen molar-refractivity contribution in [3.63, 3.8) is 0 Å². The van der Waals surface area contributed by atoms with Crippen molar-refractivity contribution in [1.29, 1.82) is 0 Å². The van der Waals surface area contributed by atoms with Gasteiger partial charge in [0.1, 0.15) is 0 Å². The molecule has 0 N–H and O–H groups in total. The first kappa shape index (κ1) is 14.0. The van der Waals surface area contributed by atoms with E-state index in [-0.39, 0.29) is 17.9 Å². The van der Waals surface area contributed by atoms with Crippen LogP contribution in [0.15, 0.2) is 5.51 Å². The first-order valence-electron chi connectivity index (χ1n) is 7.03. The molecule has 3 heterocycles. The van der Waals surface area contributed by atoms with E-state index in [2.05, 4.69) is 9.88 Å². The van der Waals surface area contributed by atoms with Gasteiger partial charge in [-0.25, -0.2) is 4.98 Å². The van der Waals surface area contributed by atoms with E-state index in [4.69, 9.17) is 4.74 Å². The standard InChI is InChI=1S/C14H21N3O2S/c1-9-12(20-8-15-9)7-17-6-10(14(18)16(2)3)13-11(17)4-5-19-13/h8,10-11,13H,4-7H2,1-3H3/t10-,11+,13+/m0/s1. The van der Waals surface area contributed by atoms with Crippen LogP contribution in [0.1, 0.15) is 17.0 Å². The van der Waals surface area contributed by atoms with Crippen molar-refractivity contribution in [3.8, 4) is 0 Å². The van der Waals surface area contributed by atoms with Crippen molar-refractivity contribution < 1.29 is 9.53 Å². The van der Waals surface area contributed by atoms with E-state index in [9.17, 15) is 4.79 Å². The Balaban J connectivity index is 1.76. The van der Waals surface area contributed by atoms with E-state index >= 15 is 0 Å². The molecule has 3 rings (SSSR count). The number of thiazole rings is 1. The Labute approximate surface area is 123 Å². The van der Waals surface area contributed by atoms with Gasteiger partial charge < -0.3 is 9.64 Å². The maximum absolute atomic E-state index is 12.3. The molecule has 0 radical (unpaired) electrons. The van der Waals surface area contributed by atoms with Crippen LogP contribution >= 0.6 is 11.3 Å². The second kappa shape index (κ2) is 5.42. The van der Waals surface area contributed by atoms with Crippen LogP contribution in [0.2, 0.25) is 0 Å². The number of carbonyl (C=O) groups is 1. The molecular weight excluding hydrogens is 274 g/mol. The molecule has 5 nitrogen and oxygen atoms in total. The number of aryl methyl sites for hydroxylation is 1. The highest BCUT2D eigenvalue weighted by Gasteiger charge is 2.49. The molecule has 110 valence electrons. The zero-order valence-electron chi connectivity index (χ0n) is 12.2. The number of hydrogen-bond acceptors (Lipinski definition) is 5. The van der Waals surface area contributed by atoms with Crippen LogP contribution in [-0.2, 0) is 16.1 Å². The molecule has 0 saturated carbocycles. The summed E-state index contributed by atoms with van der Waals surface area (Å²) in [6.45, 7) is 4.50. The second-order valence-electron chi connectivity index (χ2n) is 5.82. The number of aromatic nitrogens is 1. The van der Waals surface area contributed by atoms with E-state index < -0.39 is 0 Å². The molecule has 2 saturated heterocycles. The zero-order valence-corrected chi connectivity index (χ0v) is 13.0. The molecule has 1 aromatic rings. The molecular formula is C14H21N3O2S.